The zero-order valence-corrected chi connectivity index (χ0v) is 15.9. The summed E-state index contributed by atoms with van der Waals surface area (Å²) in [7, 11) is 0. The molecule has 0 unspecified atom stereocenters. The van der Waals surface area contributed by atoms with Gasteiger partial charge in [0, 0.05) is 18.0 Å². The van der Waals surface area contributed by atoms with Crippen LogP contribution in [0.3, 0.4) is 0 Å². The summed E-state index contributed by atoms with van der Waals surface area (Å²) in [4.78, 5) is 26.2. The van der Waals surface area contributed by atoms with Crippen molar-refractivity contribution in [2.75, 3.05) is 13.2 Å². The molecule has 2 aromatic rings. The minimum atomic E-state index is -5.08. The van der Waals surface area contributed by atoms with Gasteiger partial charge in [-0.15, -0.1) is 0 Å². The first-order valence-electron chi connectivity index (χ1n) is 8.68. The number of pyridine rings is 1. The van der Waals surface area contributed by atoms with Crippen molar-refractivity contribution in [2.24, 2.45) is 0 Å². The van der Waals surface area contributed by atoms with E-state index in [2.05, 4.69) is 4.98 Å². The Kier molecular flexibility index (Phi) is 7.47. The van der Waals surface area contributed by atoms with E-state index in [1.165, 1.54) is 12.3 Å². The van der Waals surface area contributed by atoms with Crippen LogP contribution in [-0.2, 0) is 9.53 Å². The van der Waals surface area contributed by atoms with Gasteiger partial charge in [0.15, 0.2) is 0 Å². The van der Waals surface area contributed by atoms with E-state index < -0.39 is 36.0 Å². The number of rotatable bonds is 4. The van der Waals surface area contributed by atoms with Crippen LogP contribution in [0.2, 0.25) is 0 Å². The van der Waals surface area contributed by atoms with E-state index in [1.54, 1.807) is 17.2 Å². The number of hydrogen-bond acceptors (Lipinski definition) is 4. The molecule has 0 spiro atoms. The van der Waals surface area contributed by atoms with Crippen molar-refractivity contribution in [1.29, 1.82) is 0 Å². The highest BCUT2D eigenvalue weighted by molar-refractivity contribution is 5.73. The molecule has 0 bridgehead atoms. The molecule has 168 valence electrons. The highest BCUT2D eigenvalue weighted by Crippen LogP contribution is 2.30. The van der Waals surface area contributed by atoms with Gasteiger partial charge in [-0.2, -0.15) is 13.2 Å². The maximum absolute atomic E-state index is 13.4. The summed E-state index contributed by atoms with van der Waals surface area (Å²) < 4.78 is 75.8. The van der Waals surface area contributed by atoms with Gasteiger partial charge in [0.1, 0.15) is 12.4 Å². The zero-order chi connectivity index (χ0) is 23.3. The topological polar surface area (TPSA) is 79.7 Å². The lowest BCUT2D eigenvalue weighted by Gasteiger charge is -2.22. The number of carbonyl (C=O) groups is 2. The molecule has 1 fully saturated rings. The molecule has 3 rings (SSSR count). The number of aromatic nitrogens is 1. The van der Waals surface area contributed by atoms with Crippen LogP contribution in [0.15, 0.2) is 36.7 Å². The molecule has 0 radical (unpaired) electrons. The molecule has 1 saturated heterocycles. The summed E-state index contributed by atoms with van der Waals surface area (Å²) in [5.74, 6) is -3.70. The number of amides is 1. The molecule has 2 heterocycles. The van der Waals surface area contributed by atoms with Crippen LogP contribution in [0.1, 0.15) is 30.5 Å². The summed E-state index contributed by atoms with van der Waals surface area (Å²) in [6.07, 6.45) is -5.24. The lowest BCUT2D eigenvalue weighted by molar-refractivity contribution is -0.192. The van der Waals surface area contributed by atoms with Crippen LogP contribution in [0.4, 0.5) is 31.1 Å². The Morgan fingerprint density at radius 1 is 1.19 bits per heavy atom. The molecule has 6 nitrogen and oxygen atoms in total. The fraction of sp³-hybridized carbons (Fsp3) is 0.316. The molecule has 1 aromatic carbocycles. The van der Waals surface area contributed by atoms with E-state index in [1.807, 2.05) is 6.92 Å². The summed E-state index contributed by atoms with van der Waals surface area (Å²) in [6.45, 7) is 2.66. The fourth-order valence-corrected chi connectivity index (χ4v) is 2.67. The SMILES string of the molecule is C[C@H](c1cncc(-c2ccc(F)c(C(F)F)c2)c1)N1CCOC1=O.O=C(O)C(F)(F)F. The molecular weight excluding hydrogens is 434 g/mol. The monoisotopic (exact) mass is 450 g/mol. The maximum Gasteiger partial charge on any atom is 0.490 e. The maximum atomic E-state index is 13.4. The number of carboxylic acids is 1. The highest BCUT2D eigenvalue weighted by atomic mass is 19.4. The van der Waals surface area contributed by atoms with E-state index in [4.69, 9.17) is 14.6 Å². The molecule has 1 N–H and O–H groups in total. The minimum Gasteiger partial charge on any atom is -0.475 e. The van der Waals surface area contributed by atoms with Crippen molar-refractivity contribution < 1.29 is 45.8 Å². The number of carbonyl (C=O) groups excluding carboxylic acids is 1. The van der Waals surface area contributed by atoms with Gasteiger partial charge in [-0.25, -0.2) is 22.8 Å². The Hall–Kier alpha value is -3.31. The average Bonchev–Trinajstić information content (AvgIpc) is 3.13. The van der Waals surface area contributed by atoms with Crippen LogP contribution in [0.25, 0.3) is 11.1 Å². The second kappa shape index (κ2) is 9.67. The smallest absolute Gasteiger partial charge is 0.475 e. The van der Waals surface area contributed by atoms with E-state index in [0.717, 1.165) is 17.7 Å². The van der Waals surface area contributed by atoms with E-state index >= 15 is 0 Å². The molecule has 0 saturated carbocycles. The summed E-state index contributed by atoms with van der Waals surface area (Å²) in [6, 6.07) is 5.06. The molecule has 12 heteroatoms. The number of cyclic esters (lactones) is 1. The van der Waals surface area contributed by atoms with Gasteiger partial charge in [-0.05, 0) is 36.2 Å². The lowest BCUT2D eigenvalue weighted by atomic mass is 10.0. The lowest BCUT2D eigenvalue weighted by Crippen LogP contribution is -2.27. The third-order valence-corrected chi connectivity index (χ3v) is 4.31. The molecule has 0 aliphatic carbocycles. The quantitative estimate of drug-likeness (QED) is 0.666. The van der Waals surface area contributed by atoms with Crippen LogP contribution >= 0.6 is 0 Å². The molecule has 1 aliphatic heterocycles. The molecule has 1 amide bonds. The van der Waals surface area contributed by atoms with Gasteiger partial charge in [-0.3, -0.25) is 9.88 Å². The van der Waals surface area contributed by atoms with Gasteiger partial charge in [0.25, 0.3) is 6.43 Å². The predicted molar refractivity (Wildman–Crippen MR) is 94.7 cm³/mol. The Morgan fingerprint density at radius 2 is 1.84 bits per heavy atom. The Labute approximate surface area is 172 Å². The summed E-state index contributed by atoms with van der Waals surface area (Å²) in [5.41, 5.74) is 1.12. The molecule has 1 atom stereocenters. The van der Waals surface area contributed by atoms with Crippen molar-refractivity contribution in [1.82, 2.24) is 9.88 Å². The first-order valence-corrected chi connectivity index (χ1v) is 8.68. The standard InChI is InChI=1S/C17H15F3N2O2.C2HF3O2/c1-10(22-4-5-24-17(22)23)12-6-13(9-21-8-12)11-2-3-15(18)14(7-11)16(19)20;3-2(4,5)1(6)7/h2-3,6-10,16H,4-5H2,1H3;(H,6,7)/t10-;/m1./s1. The Morgan fingerprint density at radius 3 is 2.35 bits per heavy atom. The zero-order valence-electron chi connectivity index (χ0n) is 15.9. The van der Waals surface area contributed by atoms with Gasteiger partial charge >= 0.3 is 18.2 Å². The van der Waals surface area contributed by atoms with Gasteiger partial charge in [0.2, 0.25) is 0 Å². The molecular formula is C19H16F6N2O4. The number of benzene rings is 1. The Balaban J connectivity index is 0.000000423. The first kappa shape index (κ1) is 24.0. The van der Waals surface area contributed by atoms with E-state index in [9.17, 15) is 31.1 Å². The molecule has 31 heavy (non-hydrogen) atoms. The molecule has 1 aromatic heterocycles. The van der Waals surface area contributed by atoms with Crippen LogP contribution < -0.4 is 0 Å². The van der Waals surface area contributed by atoms with Gasteiger partial charge in [0.05, 0.1) is 18.2 Å². The Bertz CT molecular complexity index is 951. The highest BCUT2D eigenvalue weighted by Gasteiger charge is 2.38. The number of aliphatic carboxylic acids is 1. The second-order valence-corrected chi connectivity index (χ2v) is 6.33. The fourth-order valence-electron chi connectivity index (χ4n) is 2.67. The van der Waals surface area contributed by atoms with Crippen molar-refractivity contribution >= 4 is 12.1 Å². The molecule has 1 aliphatic rings. The number of nitrogens with zero attached hydrogens (tertiary/aromatic N) is 2. The normalized spacial score (nSPS) is 14.7. The van der Waals surface area contributed by atoms with Crippen molar-refractivity contribution in [3.63, 3.8) is 0 Å². The van der Waals surface area contributed by atoms with Crippen molar-refractivity contribution in [2.45, 2.75) is 25.6 Å². The van der Waals surface area contributed by atoms with Crippen LogP contribution in [0.5, 0.6) is 0 Å². The minimum absolute atomic E-state index is 0.262. The third-order valence-electron chi connectivity index (χ3n) is 4.31. The third kappa shape index (κ3) is 6.09. The largest absolute Gasteiger partial charge is 0.490 e. The number of ether oxygens (including phenoxy) is 1. The van der Waals surface area contributed by atoms with Crippen LogP contribution in [0, 0.1) is 5.82 Å². The van der Waals surface area contributed by atoms with Gasteiger partial charge < -0.3 is 9.84 Å². The van der Waals surface area contributed by atoms with E-state index in [0.29, 0.717) is 24.3 Å². The number of alkyl halides is 5. The predicted octanol–water partition coefficient (Wildman–Crippen LogP) is 4.97. The van der Waals surface area contributed by atoms with E-state index in [-0.39, 0.29) is 6.04 Å². The summed E-state index contributed by atoms with van der Waals surface area (Å²) in [5, 5.41) is 7.12. The average molecular weight is 450 g/mol. The number of carboxylic acid groups (broad SMARTS) is 1. The summed E-state index contributed by atoms with van der Waals surface area (Å²) >= 11 is 0. The first-order chi connectivity index (χ1) is 14.4. The second-order valence-electron chi connectivity index (χ2n) is 6.33. The number of hydrogen-bond donors (Lipinski definition) is 1. The number of halogens is 6. The van der Waals surface area contributed by atoms with Crippen molar-refractivity contribution in [3.05, 3.63) is 53.6 Å². The van der Waals surface area contributed by atoms with Crippen LogP contribution in [-0.4, -0.2) is 46.4 Å². The van der Waals surface area contributed by atoms with Gasteiger partial charge in [-0.1, -0.05) is 6.07 Å². The van der Waals surface area contributed by atoms with Crippen molar-refractivity contribution in [3.8, 4) is 11.1 Å².